The molecule has 2 fully saturated rings. The fourth-order valence-corrected chi connectivity index (χ4v) is 3.32. The summed E-state index contributed by atoms with van der Waals surface area (Å²) in [7, 11) is 0. The third-order valence-electron chi connectivity index (χ3n) is 4.93. The van der Waals surface area contributed by atoms with Crippen molar-refractivity contribution in [3.63, 3.8) is 0 Å². The van der Waals surface area contributed by atoms with Crippen molar-refractivity contribution in [3.8, 4) is 5.88 Å². The van der Waals surface area contributed by atoms with Crippen molar-refractivity contribution in [1.82, 2.24) is 14.9 Å². The van der Waals surface area contributed by atoms with Crippen LogP contribution in [-0.2, 0) is 16.0 Å². The summed E-state index contributed by atoms with van der Waals surface area (Å²) in [6.07, 6.45) is -0.308. The van der Waals surface area contributed by atoms with E-state index in [1.165, 1.54) is 0 Å². The Morgan fingerprint density at radius 2 is 2.00 bits per heavy atom. The van der Waals surface area contributed by atoms with Crippen LogP contribution in [0.15, 0.2) is 40.6 Å². The monoisotopic (exact) mass is 426 g/mol. The molecule has 0 unspecified atom stereocenters. The highest BCUT2D eigenvalue weighted by Gasteiger charge is 2.21. The van der Waals surface area contributed by atoms with Crippen molar-refractivity contribution in [2.75, 3.05) is 57.5 Å². The van der Waals surface area contributed by atoms with Crippen LogP contribution >= 0.6 is 0 Å². The Balaban J connectivity index is 1.45. The van der Waals surface area contributed by atoms with Gasteiger partial charge in [0.25, 0.3) is 0 Å². The lowest BCUT2D eigenvalue weighted by Gasteiger charge is -2.28. The smallest absolute Gasteiger partial charge is 0.410 e. The first kappa shape index (κ1) is 21.0. The van der Waals surface area contributed by atoms with E-state index >= 15 is 0 Å². The van der Waals surface area contributed by atoms with Gasteiger partial charge in [-0.3, -0.25) is 0 Å². The highest BCUT2D eigenvalue weighted by atomic mass is 16.6. The molecule has 0 N–H and O–H groups in total. The summed E-state index contributed by atoms with van der Waals surface area (Å²) < 4.78 is 16.2. The Hall–Kier alpha value is -3.27. The standard InChI is InChI=1S/C21H26N6O4/c1-16-3-2-4-17(13-16)25-22-15-18-23-19(26-5-9-29-10-6-26)14-20(24-18)30-11-7-27-8-12-31-21(27)28/h2-4,13-14H,5-12,15H2,1H3. The van der Waals surface area contributed by atoms with Gasteiger partial charge in [-0.05, 0) is 24.6 Å². The molecule has 31 heavy (non-hydrogen) atoms. The lowest BCUT2D eigenvalue weighted by molar-refractivity contribution is 0.122. The number of aromatic nitrogens is 2. The van der Waals surface area contributed by atoms with Gasteiger partial charge in [-0.25, -0.2) is 9.78 Å². The fourth-order valence-electron chi connectivity index (χ4n) is 3.32. The average molecular weight is 426 g/mol. The predicted octanol–water partition coefficient (Wildman–Crippen LogP) is 2.74. The molecule has 0 atom stereocenters. The molecule has 2 aromatic rings. The molecular formula is C21H26N6O4. The molecular weight excluding hydrogens is 400 g/mol. The van der Waals surface area contributed by atoms with Crippen LogP contribution in [0, 0.1) is 6.92 Å². The second kappa shape index (κ2) is 10.2. The Morgan fingerprint density at radius 1 is 1.13 bits per heavy atom. The number of hydrogen-bond donors (Lipinski definition) is 0. The summed E-state index contributed by atoms with van der Waals surface area (Å²) in [6.45, 7) is 6.82. The van der Waals surface area contributed by atoms with E-state index in [0.29, 0.717) is 51.2 Å². The third-order valence-corrected chi connectivity index (χ3v) is 4.93. The first-order chi connectivity index (χ1) is 15.2. The van der Waals surface area contributed by atoms with Crippen LogP contribution in [0.5, 0.6) is 5.88 Å². The fraction of sp³-hybridized carbons (Fsp3) is 0.476. The number of ether oxygens (including phenoxy) is 3. The van der Waals surface area contributed by atoms with Gasteiger partial charge in [0.05, 0.1) is 32.0 Å². The second-order valence-electron chi connectivity index (χ2n) is 7.27. The highest BCUT2D eigenvalue weighted by Crippen LogP contribution is 2.20. The number of azo groups is 1. The number of rotatable bonds is 8. The third kappa shape index (κ3) is 5.88. The molecule has 1 amide bonds. The van der Waals surface area contributed by atoms with Crippen molar-refractivity contribution < 1.29 is 19.0 Å². The number of hydrogen-bond acceptors (Lipinski definition) is 9. The maximum absolute atomic E-state index is 11.6. The molecule has 3 heterocycles. The molecule has 0 bridgehead atoms. The van der Waals surface area contributed by atoms with E-state index in [1.54, 1.807) is 4.90 Å². The zero-order valence-electron chi connectivity index (χ0n) is 17.6. The van der Waals surface area contributed by atoms with E-state index < -0.39 is 0 Å². The van der Waals surface area contributed by atoms with Gasteiger partial charge in [0, 0.05) is 19.2 Å². The molecule has 0 saturated carbocycles. The molecule has 164 valence electrons. The molecule has 10 nitrogen and oxygen atoms in total. The van der Waals surface area contributed by atoms with Crippen LogP contribution < -0.4 is 9.64 Å². The van der Waals surface area contributed by atoms with Gasteiger partial charge in [-0.1, -0.05) is 12.1 Å². The van der Waals surface area contributed by atoms with Crippen molar-refractivity contribution in [3.05, 3.63) is 41.7 Å². The molecule has 1 aromatic carbocycles. The number of carbonyl (C=O) groups excluding carboxylic acids is 1. The molecule has 2 saturated heterocycles. The van der Waals surface area contributed by atoms with Crippen molar-refractivity contribution in [2.24, 2.45) is 10.2 Å². The quantitative estimate of drug-likeness (QED) is 0.598. The summed E-state index contributed by atoms with van der Waals surface area (Å²) in [6, 6.07) is 9.64. The lowest BCUT2D eigenvalue weighted by atomic mass is 10.2. The molecule has 1 aromatic heterocycles. The Labute approximate surface area is 180 Å². The van der Waals surface area contributed by atoms with E-state index in [4.69, 9.17) is 14.2 Å². The van der Waals surface area contributed by atoms with Crippen LogP contribution in [0.2, 0.25) is 0 Å². The predicted molar refractivity (Wildman–Crippen MR) is 113 cm³/mol. The molecule has 0 aliphatic carbocycles. The number of morpholine rings is 1. The summed E-state index contributed by atoms with van der Waals surface area (Å²) in [5, 5.41) is 8.53. The first-order valence-electron chi connectivity index (χ1n) is 10.4. The topological polar surface area (TPSA) is 102 Å². The zero-order valence-corrected chi connectivity index (χ0v) is 17.6. The van der Waals surface area contributed by atoms with E-state index in [1.807, 2.05) is 37.3 Å². The van der Waals surface area contributed by atoms with Gasteiger partial charge in [0.15, 0.2) is 5.82 Å². The van der Waals surface area contributed by atoms with Crippen molar-refractivity contribution in [2.45, 2.75) is 13.5 Å². The molecule has 10 heteroatoms. The maximum atomic E-state index is 11.6. The van der Waals surface area contributed by atoms with Crippen LogP contribution in [0.25, 0.3) is 0 Å². The van der Waals surface area contributed by atoms with E-state index in [0.717, 1.165) is 30.2 Å². The van der Waals surface area contributed by atoms with Gasteiger partial charge in [0.2, 0.25) is 5.88 Å². The van der Waals surface area contributed by atoms with Crippen LogP contribution in [0.4, 0.5) is 16.3 Å². The highest BCUT2D eigenvalue weighted by molar-refractivity contribution is 5.69. The summed E-state index contributed by atoms with van der Waals surface area (Å²) >= 11 is 0. The number of cyclic esters (lactones) is 1. The Kier molecular flexibility index (Phi) is 6.88. The molecule has 2 aliphatic rings. The lowest BCUT2D eigenvalue weighted by Crippen LogP contribution is -2.37. The summed E-state index contributed by atoms with van der Waals surface area (Å²) in [5.74, 6) is 1.75. The van der Waals surface area contributed by atoms with Crippen molar-refractivity contribution >= 4 is 17.6 Å². The van der Waals surface area contributed by atoms with Gasteiger partial charge in [0.1, 0.15) is 25.6 Å². The normalized spacial score (nSPS) is 16.7. The molecule has 0 radical (unpaired) electrons. The van der Waals surface area contributed by atoms with E-state index in [-0.39, 0.29) is 12.6 Å². The minimum absolute atomic E-state index is 0.237. The van der Waals surface area contributed by atoms with Gasteiger partial charge in [-0.2, -0.15) is 15.2 Å². The number of nitrogens with zero attached hydrogens (tertiary/aromatic N) is 6. The summed E-state index contributed by atoms with van der Waals surface area (Å²) in [5.41, 5.74) is 1.91. The average Bonchev–Trinajstić information content (AvgIpc) is 3.19. The first-order valence-corrected chi connectivity index (χ1v) is 10.4. The number of amides is 1. The van der Waals surface area contributed by atoms with Crippen LogP contribution in [-0.4, -0.2) is 73.6 Å². The SMILES string of the molecule is Cc1cccc(N=NCc2nc(OCCN3CCOC3=O)cc(N3CCOCC3)n2)c1. The van der Waals surface area contributed by atoms with Gasteiger partial charge in [-0.15, -0.1) is 0 Å². The van der Waals surface area contributed by atoms with Gasteiger partial charge < -0.3 is 24.0 Å². The number of anilines is 1. The van der Waals surface area contributed by atoms with Gasteiger partial charge >= 0.3 is 6.09 Å². The number of aryl methyl sites for hydroxylation is 1. The number of carbonyl (C=O) groups is 1. The van der Waals surface area contributed by atoms with E-state index in [2.05, 4.69) is 25.1 Å². The molecule has 4 rings (SSSR count). The summed E-state index contributed by atoms with van der Waals surface area (Å²) in [4.78, 5) is 24.4. The molecule has 2 aliphatic heterocycles. The largest absolute Gasteiger partial charge is 0.476 e. The Bertz CT molecular complexity index is 932. The maximum Gasteiger partial charge on any atom is 0.410 e. The van der Waals surface area contributed by atoms with Crippen LogP contribution in [0.3, 0.4) is 0 Å². The number of benzene rings is 1. The minimum Gasteiger partial charge on any atom is -0.476 e. The Morgan fingerprint density at radius 3 is 2.77 bits per heavy atom. The zero-order chi connectivity index (χ0) is 21.5. The van der Waals surface area contributed by atoms with Crippen molar-refractivity contribution in [1.29, 1.82) is 0 Å². The van der Waals surface area contributed by atoms with E-state index in [9.17, 15) is 4.79 Å². The minimum atomic E-state index is -0.308. The van der Waals surface area contributed by atoms with Crippen LogP contribution in [0.1, 0.15) is 11.4 Å². The molecule has 0 spiro atoms. The second-order valence-corrected chi connectivity index (χ2v) is 7.27.